The van der Waals surface area contributed by atoms with Crippen LogP contribution in [0, 0.1) is 29.6 Å². The quantitative estimate of drug-likeness (QED) is 0.817. The molecule has 5 heteroatoms. The predicted molar refractivity (Wildman–Crippen MR) is 76.7 cm³/mol. The molecule has 21 heavy (non-hydrogen) atoms. The van der Waals surface area contributed by atoms with E-state index < -0.39 is 5.97 Å². The lowest BCUT2D eigenvalue weighted by Crippen LogP contribution is -2.48. The summed E-state index contributed by atoms with van der Waals surface area (Å²) in [5, 5.41) is 12.2. The minimum absolute atomic E-state index is 0.0363. The number of amides is 2. The van der Waals surface area contributed by atoms with E-state index in [0.717, 1.165) is 24.2 Å². The van der Waals surface area contributed by atoms with Crippen LogP contribution in [0.25, 0.3) is 0 Å². The first-order valence-corrected chi connectivity index (χ1v) is 8.41. The van der Waals surface area contributed by atoms with Crippen molar-refractivity contribution in [2.75, 3.05) is 13.1 Å². The van der Waals surface area contributed by atoms with Crippen molar-refractivity contribution in [2.45, 2.75) is 44.6 Å². The molecular formula is C16H24N2O3. The number of carboxylic acids is 1. The Morgan fingerprint density at radius 1 is 1.05 bits per heavy atom. The summed E-state index contributed by atoms with van der Waals surface area (Å²) in [6.07, 6.45) is 7.16. The predicted octanol–water partition coefficient (Wildman–Crippen LogP) is 1.93. The molecule has 4 fully saturated rings. The number of fused-ring (bicyclic) bond motifs is 5. The number of carbonyl (C=O) groups excluding carboxylic acids is 1. The van der Waals surface area contributed by atoms with Crippen LogP contribution < -0.4 is 5.32 Å². The molecule has 0 spiro atoms. The van der Waals surface area contributed by atoms with Gasteiger partial charge < -0.3 is 15.3 Å². The number of carbonyl (C=O) groups is 2. The summed E-state index contributed by atoms with van der Waals surface area (Å²) in [5.41, 5.74) is 0. The molecular weight excluding hydrogens is 268 g/mol. The number of hydrogen-bond acceptors (Lipinski definition) is 2. The molecule has 4 rings (SSSR count). The Kier molecular flexibility index (Phi) is 3.12. The fourth-order valence-corrected chi connectivity index (χ4v) is 5.63. The van der Waals surface area contributed by atoms with Gasteiger partial charge in [0.15, 0.2) is 0 Å². The smallest absolute Gasteiger partial charge is 0.317 e. The number of hydrogen-bond donors (Lipinski definition) is 2. The van der Waals surface area contributed by atoms with Crippen LogP contribution in [0.4, 0.5) is 4.79 Å². The van der Waals surface area contributed by atoms with E-state index in [0.29, 0.717) is 31.5 Å². The fraction of sp³-hybridized carbons (Fsp3) is 0.875. The van der Waals surface area contributed by atoms with E-state index in [4.69, 9.17) is 5.11 Å². The summed E-state index contributed by atoms with van der Waals surface area (Å²) < 4.78 is 0. The average molecular weight is 292 g/mol. The maximum absolute atomic E-state index is 12.4. The molecule has 3 saturated carbocycles. The molecule has 2 N–H and O–H groups in total. The first-order valence-electron chi connectivity index (χ1n) is 8.41. The van der Waals surface area contributed by atoms with Crippen LogP contribution in [-0.2, 0) is 4.79 Å². The Morgan fingerprint density at radius 2 is 1.86 bits per heavy atom. The Hall–Kier alpha value is -1.26. The molecule has 3 aliphatic carbocycles. The summed E-state index contributed by atoms with van der Waals surface area (Å²) in [6.45, 7) is 0.948. The largest absolute Gasteiger partial charge is 0.481 e. The van der Waals surface area contributed by atoms with E-state index in [9.17, 15) is 9.59 Å². The van der Waals surface area contributed by atoms with E-state index in [2.05, 4.69) is 5.32 Å². The Bertz CT molecular complexity index is 466. The number of carboxylic acid groups (broad SMARTS) is 1. The van der Waals surface area contributed by atoms with E-state index in [1.165, 1.54) is 25.7 Å². The van der Waals surface area contributed by atoms with Gasteiger partial charge in [-0.15, -0.1) is 0 Å². The van der Waals surface area contributed by atoms with Gasteiger partial charge in [0.05, 0.1) is 5.92 Å². The number of nitrogens with zero attached hydrogens (tertiary/aromatic N) is 1. The van der Waals surface area contributed by atoms with Crippen molar-refractivity contribution in [1.29, 1.82) is 0 Å². The lowest BCUT2D eigenvalue weighted by Gasteiger charge is -2.33. The van der Waals surface area contributed by atoms with E-state index in [-0.39, 0.29) is 11.9 Å². The zero-order valence-corrected chi connectivity index (χ0v) is 12.3. The van der Waals surface area contributed by atoms with Crippen molar-refractivity contribution in [3.8, 4) is 0 Å². The third kappa shape index (κ3) is 2.12. The summed E-state index contributed by atoms with van der Waals surface area (Å²) in [4.78, 5) is 25.0. The molecule has 116 valence electrons. The van der Waals surface area contributed by atoms with Crippen LogP contribution in [0.5, 0.6) is 0 Å². The first-order chi connectivity index (χ1) is 10.1. The van der Waals surface area contributed by atoms with Crippen molar-refractivity contribution in [2.24, 2.45) is 29.6 Å². The summed E-state index contributed by atoms with van der Waals surface area (Å²) in [5.74, 6) is 2.14. The monoisotopic (exact) mass is 292 g/mol. The molecule has 6 atom stereocenters. The van der Waals surface area contributed by atoms with Gasteiger partial charge in [0, 0.05) is 19.1 Å². The van der Waals surface area contributed by atoms with E-state index >= 15 is 0 Å². The van der Waals surface area contributed by atoms with Gasteiger partial charge in [-0.05, 0) is 55.8 Å². The number of urea groups is 1. The average Bonchev–Trinajstić information content (AvgIpc) is 3.20. The van der Waals surface area contributed by atoms with Gasteiger partial charge >= 0.3 is 12.0 Å². The highest BCUT2D eigenvalue weighted by atomic mass is 16.4. The minimum Gasteiger partial charge on any atom is -0.481 e. The summed E-state index contributed by atoms with van der Waals surface area (Å²) >= 11 is 0. The zero-order chi connectivity index (χ0) is 14.6. The van der Waals surface area contributed by atoms with Gasteiger partial charge in [0.2, 0.25) is 0 Å². The molecule has 4 aliphatic rings. The summed E-state index contributed by atoms with van der Waals surface area (Å²) in [6, 6.07) is 0.302. The first kappa shape index (κ1) is 13.4. The molecule has 6 unspecified atom stereocenters. The molecule has 1 saturated heterocycles. The zero-order valence-electron chi connectivity index (χ0n) is 12.3. The Morgan fingerprint density at radius 3 is 2.62 bits per heavy atom. The maximum Gasteiger partial charge on any atom is 0.317 e. The van der Waals surface area contributed by atoms with Crippen molar-refractivity contribution in [3.05, 3.63) is 0 Å². The molecule has 1 heterocycles. The summed E-state index contributed by atoms with van der Waals surface area (Å²) in [7, 11) is 0. The second kappa shape index (κ2) is 4.89. The Labute approximate surface area is 125 Å². The minimum atomic E-state index is -0.779. The van der Waals surface area contributed by atoms with Crippen LogP contribution in [0.1, 0.15) is 38.5 Å². The highest BCUT2D eigenvalue weighted by molar-refractivity contribution is 5.77. The van der Waals surface area contributed by atoms with Gasteiger partial charge in [-0.1, -0.05) is 6.42 Å². The van der Waals surface area contributed by atoms with Gasteiger partial charge in [0.1, 0.15) is 0 Å². The topological polar surface area (TPSA) is 69.6 Å². The highest BCUT2D eigenvalue weighted by Gasteiger charge is 2.54. The normalized spacial score (nSPS) is 44.1. The van der Waals surface area contributed by atoms with Gasteiger partial charge in [-0.2, -0.15) is 0 Å². The van der Waals surface area contributed by atoms with Crippen LogP contribution in [0.3, 0.4) is 0 Å². The number of rotatable bonds is 2. The van der Waals surface area contributed by atoms with Gasteiger partial charge in [-0.3, -0.25) is 4.79 Å². The molecule has 2 amide bonds. The second-order valence-corrected chi connectivity index (χ2v) is 7.48. The second-order valence-electron chi connectivity index (χ2n) is 7.48. The fourth-order valence-electron chi connectivity index (χ4n) is 5.63. The van der Waals surface area contributed by atoms with E-state index in [1.54, 1.807) is 4.90 Å². The third-order valence-electron chi connectivity index (χ3n) is 6.56. The lowest BCUT2D eigenvalue weighted by molar-refractivity contribution is -0.141. The van der Waals surface area contributed by atoms with Crippen molar-refractivity contribution >= 4 is 12.0 Å². The maximum atomic E-state index is 12.4. The standard InChI is InChI=1S/C16H24N2O3/c19-15(20)9-4-5-18(8-9)16(21)17-14-7-10-6-13(14)12-3-1-2-11(10)12/h9-14H,1-8H2,(H,17,21)(H,19,20). The van der Waals surface area contributed by atoms with Gasteiger partial charge in [-0.25, -0.2) is 4.79 Å². The Balaban J connectivity index is 1.35. The number of nitrogens with one attached hydrogen (secondary N) is 1. The van der Waals surface area contributed by atoms with Crippen molar-refractivity contribution in [3.63, 3.8) is 0 Å². The third-order valence-corrected chi connectivity index (χ3v) is 6.56. The number of likely N-dealkylation sites (tertiary alicyclic amines) is 1. The number of aliphatic carboxylic acids is 1. The molecule has 5 nitrogen and oxygen atoms in total. The lowest BCUT2D eigenvalue weighted by atomic mass is 9.79. The van der Waals surface area contributed by atoms with E-state index in [1.807, 2.05) is 0 Å². The van der Waals surface area contributed by atoms with Crippen molar-refractivity contribution < 1.29 is 14.7 Å². The molecule has 1 aliphatic heterocycles. The molecule has 0 aromatic heterocycles. The highest BCUT2D eigenvalue weighted by Crippen LogP contribution is 2.58. The van der Waals surface area contributed by atoms with Crippen molar-refractivity contribution in [1.82, 2.24) is 10.2 Å². The molecule has 0 aromatic carbocycles. The molecule has 0 radical (unpaired) electrons. The molecule has 0 aromatic rings. The van der Waals surface area contributed by atoms with Crippen LogP contribution in [-0.4, -0.2) is 41.1 Å². The van der Waals surface area contributed by atoms with Crippen LogP contribution >= 0.6 is 0 Å². The van der Waals surface area contributed by atoms with Crippen LogP contribution in [0.15, 0.2) is 0 Å². The van der Waals surface area contributed by atoms with Gasteiger partial charge in [0.25, 0.3) is 0 Å². The molecule has 2 bridgehead atoms. The SMILES string of the molecule is O=C(O)C1CCN(C(=O)NC2CC3CC2C2CCCC32)C1. The van der Waals surface area contributed by atoms with Crippen LogP contribution in [0.2, 0.25) is 0 Å².